The Hall–Kier alpha value is -1.08. The van der Waals surface area contributed by atoms with E-state index in [2.05, 4.69) is 15.3 Å². The van der Waals surface area contributed by atoms with Gasteiger partial charge in [0.15, 0.2) is 0 Å². The van der Waals surface area contributed by atoms with Crippen molar-refractivity contribution in [2.45, 2.75) is 12.6 Å². The molecular formula is C14H21ClN4OS. The second-order valence-electron chi connectivity index (χ2n) is 4.98. The summed E-state index contributed by atoms with van der Waals surface area (Å²) in [6.45, 7) is 1.70. The normalized spacial score (nSPS) is 12.9. The zero-order valence-corrected chi connectivity index (χ0v) is 14.3. The molecule has 1 unspecified atom stereocenters. The zero-order valence-electron chi connectivity index (χ0n) is 12.8. The minimum absolute atomic E-state index is 0.0305. The molecule has 5 nitrogen and oxygen atoms in total. The molecule has 2 aromatic heterocycles. The summed E-state index contributed by atoms with van der Waals surface area (Å²) in [7, 11) is 7.69. The number of hydrogen-bond donors (Lipinski definition) is 1. The van der Waals surface area contributed by atoms with Gasteiger partial charge in [0.25, 0.3) is 0 Å². The van der Waals surface area contributed by atoms with Crippen molar-refractivity contribution in [3.8, 4) is 5.75 Å². The predicted octanol–water partition coefficient (Wildman–Crippen LogP) is 2.48. The van der Waals surface area contributed by atoms with Crippen LogP contribution in [0.25, 0.3) is 0 Å². The van der Waals surface area contributed by atoms with Gasteiger partial charge in [-0.15, -0.1) is 11.3 Å². The summed E-state index contributed by atoms with van der Waals surface area (Å²) in [5, 5.41) is 10.4. The maximum Gasteiger partial charge on any atom is 0.134 e. The zero-order chi connectivity index (χ0) is 15.4. The number of hydrogen-bond acceptors (Lipinski definition) is 5. The van der Waals surface area contributed by atoms with Gasteiger partial charge in [0.05, 0.1) is 41.5 Å². The fourth-order valence-electron chi connectivity index (χ4n) is 2.21. The van der Waals surface area contributed by atoms with Gasteiger partial charge in [-0.1, -0.05) is 11.6 Å². The van der Waals surface area contributed by atoms with E-state index in [0.717, 1.165) is 29.4 Å². The number of nitrogens with one attached hydrogen (secondary N) is 1. The molecule has 21 heavy (non-hydrogen) atoms. The number of ether oxygens (including phenoxy) is 1. The van der Waals surface area contributed by atoms with E-state index in [1.54, 1.807) is 24.6 Å². The van der Waals surface area contributed by atoms with Gasteiger partial charge in [0, 0.05) is 6.54 Å². The molecule has 2 aromatic rings. The van der Waals surface area contributed by atoms with Crippen LogP contribution in [-0.4, -0.2) is 49.5 Å². The van der Waals surface area contributed by atoms with Crippen LogP contribution in [0, 0.1) is 0 Å². The predicted molar refractivity (Wildman–Crippen MR) is 87.6 cm³/mol. The Morgan fingerprint density at radius 3 is 2.90 bits per heavy atom. The monoisotopic (exact) mass is 328 g/mol. The molecule has 0 aromatic carbocycles. The lowest BCUT2D eigenvalue weighted by molar-refractivity contribution is 0.365. The van der Waals surface area contributed by atoms with E-state index in [-0.39, 0.29) is 6.04 Å². The number of thiophene rings is 1. The number of halogens is 1. The Labute approximate surface area is 134 Å². The number of aromatic nitrogens is 2. The maximum atomic E-state index is 6.37. The molecule has 0 aliphatic rings. The summed E-state index contributed by atoms with van der Waals surface area (Å²) in [6, 6.07) is 1.94. The molecule has 2 heterocycles. The quantitative estimate of drug-likeness (QED) is 0.848. The van der Waals surface area contributed by atoms with Crippen molar-refractivity contribution in [1.29, 1.82) is 0 Å². The summed E-state index contributed by atoms with van der Waals surface area (Å²) < 4.78 is 7.39. The molecule has 0 saturated carbocycles. The van der Waals surface area contributed by atoms with Crippen molar-refractivity contribution in [2.24, 2.45) is 0 Å². The molecule has 2 rings (SSSR count). The van der Waals surface area contributed by atoms with Crippen LogP contribution in [-0.2, 0) is 6.54 Å². The van der Waals surface area contributed by atoms with E-state index in [1.165, 1.54) is 0 Å². The first-order chi connectivity index (χ1) is 10.1. The first kappa shape index (κ1) is 16.3. The van der Waals surface area contributed by atoms with Crippen molar-refractivity contribution in [3.05, 3.63) is 33.2 Å². The number of methoxy groups -OCH3 is 1. The standard InChI is InChI=1S/C14H21ClN4OS/c1-16-12(14-11(20-4)5-8-21-14)13-10(15)9-17-19(13)7-6-18(2)3/h5,8-9,12,16H,6-7H2,1-4H3. The lowest BCUT2D eigenvalue weighted by atomic mass is 10.1. The van der Waals surface area contributed by atoms with Crippen LogP contribution in [0.1, 0.15) is 16.6 Å². The largest absolute Gasteiger partial charge is 0.496 e. The molecule has 0 saturated heterocycles. The van der Waals surface area contributed by atoms with Crippen LogP contribution in [0.4, 0.5) is 0 Å². The maximum absolute atomic E-state index is 6.37. The summed E-state index contributed by atoms with van der Waals surface area (Å²) >= 11 is 8.02. The van der Waals surface area contributed by atoms with Crippen LogP contribution < -0.4 is 10.1 Å². The summed E-state index contributed by atoms with van der Waals surface area (Å²) in [5.41, 5.74) is 0.974. The lowest BCUT2D eigenvalue weighted by Gasteiger charge is -2.19. The fraction of sp³-hybridized carbons (Fsp3) is 0.500. The molecule has 1 atom stereocenters. The van der Waals surface area contributed by atoms with Gasteiger partial charge in [-0.2, -0.15) is 5.10 Å². The van der Waals surface area contributed by atoms with Crippen LogP contribution in [0.2, 0.25) is 5.02 Å². The molecule has 0 bridgehead atoms. The van der Waals surface area contributed by atoms with Crippen LogP contribution in [0.5, 0.6) is 5.75 Å². The summed E-state index contributed by atoms with van der Waals surface area (Å²) in [5.74, 6) is 0.871. The third kappa shape index (κ3) is 3.58. The highest BCUT2D eigenvalue weighted by atomic mass is 35.5. The fourth-order valence-corrected chi connectivity index (χ4v) is 3.43. The van der Waals surface area contributed by atoms with E-state index < -0.39 is 0 Å². The molecular weight excluding hydrogens is 308 g/mol. The highest BCUT2D eigenvalue weighted by molar-refractivity contribution is 7.10. The van der Waals surface area contributed by atoms with E-state index in [4.69, 9.17) is 16.3 Å². The van der Waals surface area contributed by atoms with Gasteiger partial charge in [-0.05, 0) is 32.6 Å². The van der Waals surface area contributed by atoms with Crippen molar-refractivity contribution in [3.63, 3.8) is 0 Å². The minimum Gasteiger partial charge on any atom is -0.496 e. The van der Waals surface area contributed by atoms with Gasteiger partial charge >= 0.3 is 0 Å². The topological polar surface area (TPSA) is 42.3 Å². The highest BCUT2D eigenvalue weighted by Gasteiger charge is 2.24. The molecule has 116 valence electrons. The Morgan fingerprint density at radius 2 is 2.29 bits per heavy atom. The second-order valence-corrected chi connectivity index (χ2v) is 6.33. The van der Waals surface area contributed by atoms with Gasteiger partial charge in [0.2, 0.25) is 0 Å². The molecule has 0 aliphatic carbocycles. The van der Waals surface area contributed by atoms with Crippen molar-refractivity contribution < 1.29 is 4.74 Å². The molecule has 0 amide bonds. The SMILES string of the molecule is CNC(c1sccc1OC)c1c(Cl)cnn1CCN(C)C. The summed E-state index contributed by atoms with van der Waals surface area (Å²) in [6.07, 6.45) is 1.71. The van der Waals surface area contributed by atoms with Crippen LogP contribution in [0.3, 0.4) is 0 Å². The van der Waals surface area contributed by atoms with E-state index in [1.807, 2.05) is 37.3 Å². The van der Waals surface area contributed by atoms with Crippen molar-refractivity contribution in [1.82, 2.24) is 20.0 Å². The van der Waals surface area contributed by atoms with Crippen LogP contribution in [0.15, 0.2) is 17.6 Å². The van der Waals surface area contributed by atoms with Gasteiger partial charge in [-0.25, -0.2) is 0 Å². The molecule has 0 spiro atoms. The van der Waals surface area contributed by atoms with Gasteiger partial charge in [-0.3, -0.25) is 4.68 Å². The third-order valence-electron chi connectivity index (χ3n) is 3.29. The van der Waals surface area contributed by atoms with E-state index >= 15 is 0 Å². The first-order valence-corrected chi connectivity index (χ1v) is 7.98. The van der Waals surface area contributed by atoms with Gasteiger partial charge < -0.3 is 15.0 Å². The third-order valence-corrected chi connectivity index (χ3v) is 4.55. The highest BCUT2D eigenvalue weighted by Crippen LogP contribution is 2.37. The Bertz CT molecular complexity index is 581. The van der Waals surface area contributed by atoms with E-state index in [9.17, 15) is 0 Å². The van der Waals surface area contributed by atoms with Crippen molar-refractivity contribution >= 4 is 22.9 Å². The Morgan fingerprint density at radius 1 is 1.52 bits per heavy atom. The average Bonchev–Trinajstić information content (AvgIpc) is 3.06. The average molecular weight is 329 g/mol. The number of nitrogens with zero attached hydrogens (tertiary/aromatic N) is 3. The molecule has 0 radical (unpaired) electrons. The van der Waals surface area contributed by atoms with Crippen LogP contribution >= 0.6 is 22.9 Å². The summed E-state index contributed by atoms with van der Waals surface area (Å²) in [4.78, 5) is 3.23. The molecule has 0 fully saturated rings. The van der Waals surface area contributed by atoms with E-state index in [0.29, 0.717) is 5.02 Å². The Balaban J connectivity index is 2.36. The van der Waals surface area contributed by atoms with Gasteiger partial charge in [0.1, 0.15) is 5.75 Å². The Kier molecular flexibility index (Phi) is 5.64. The second kappa shape index (κ2) is 7.26. The lowest BCUT2D eigenvalue weighted by Crippen LogP contribution is -2.25. The molecule has 0 aliphatic heterocycles. The smallest absolute Gasteiger partial charge is 0.134 e. The number of rotatable bonds is 7. The molecule has 7 heteroatoms. The number of likely N-dealkylation sites (N-methyl/N-ethyl adjacent to an activating group) is 1. The first-order valence-electron chi connectivity index (χ1n) is 6.73. The van der Waals surface area contributed by atoms with Crippen molar-refractivity contribution in [2.75, 3.05) is 34.8 Å². The minimum atomic E-state index is -0.0305. The molecule has 1 N–H and O–H groups in total.